The molecule has 15 heavy (non-hydrogen) atoms. The number of rotatable bonds is 3. The Bertz CT molecular complexity index is 458. The van der Waals surface area contributed by atoms with Crippen LogP contribution in [-0.4, -0.2) is 4.98 Å². The summed E-state index contributed by atoms with van der Waals surface area (Å²) in [5.74, 6) is 0.351. The summed E-state index contributed by atoms with van der Waals surface area (Å²) in [6.07, 6.45) is 1.54. The number of alkyl halides is 1. The standard InChI is InChI=1S/C10H8BrClN2O/c11-7-2-1-3-8(4-7)13-10-14-9(5-12)6-15-10/h1-4,6H,5H2,(H,13,14). The summed E-state index contributed by atoms with van der Waals surface area (Å²) in [7, 11) is 0. The van der Waals surface area contributed by atoms with Crippen molar-refractivity contribution in [3.8, 4) is 0 Å². The number of nitrogens with zero attached hydrogens (tertiary/aromatic N) is 1. The Morgan fingerprint density at radius 1 is 1.47 bits per heavy atom. The second-order valence-corrected chi connectivity index (χ2v) is 4.10. The molecule has 0 radical (unpaired) electrons. The molecule has 0 amide bonds. The summed E-state index contributed by atoms with van der Waals surface area (Å²) in [5.41, 5.74) is 1.63. The molecule has 0 saturated heterocycles. The van der Waals surface area contributed by atoms with Gasteiger partial charge in [-0.15, -0.1) is 11.6 Å². The number of hydrogen-bond donors (Lipinski definition) is 1. The largest absolute Gasteiger partial charge is 0.432 e. The van der Waals surface area contributed by atoms with Crippen molar-refractivity contribution in [3.63, 3.8) is 0 Å². The van der Waals surface area contributed by atoms with Gasteiger partial charge in [0.05, 0.1) is 11.6 Å². The highest BCUT2D eigenvalue weighted by Gasteiger charge is 2.02. The van der Waals surface area contributed by atoms with E-state index in [4.69, 9.17) is 16.0 Å². The zero-order valence-corrected chi connectivity index (χ0v) is 10.0. The lowest BCUT2D eigenvalue weighted by Gasteiger charge is -2.00. The average Bonchev–Trinajstić information content (AvgIpc) is 2.65. The predicted octanol–water partition coefficient (Wildman–Crippen LogP) is 3.92. The molecule has 0 atom stereocenters. The van der Waals surface area contributed by atoms with Crippen LogP contribution in [-0.2, 0) is 5.88 Å². The lowest BCUT2D eigenvalue weighted by molar-refractivity contribution is 0.576. The van der Waals surface area contributed by atoms with Gasteiger partial charge in [0.25, 0.3) is 6.01 Å². The second kappa shape index (κ2) is 4.68. The van der Waals surface area contributed by atoms with Gasteiger partial charge in [0.1, 0.15) is 6.26 Å². The summed E-state index contributed by atoms with van der Waals surface area (Å²) < 4.78 is 6.17. The molecular weight excluding hydrogens is 279 g/mol. The third-order valence-electron chi connectivity index (χ3n) is 1.76. The van der Waals surface area contributed by atoms with Gasteiger partial charge in [-0.3, -0.25) is 0 Å². The maximum absolute atomic E-state index is 5.61. The van der Waals surface area contributed by atoms with Gasteiger partial charge in [-0.1, -0.05) is 22.0 Å². The Hall–Kier alpha value is -1.00. The topological polar surface area (TPSA) is 38.1 Å². The van der Waals surface area contributed by atoms with Crippen LogP contribution in [0.15, 0.2) is 39.4 Å². The van der Waals surface area contributed by atoms with E-state index in [0.29, 0.717) is 17.6 Å². The molecule has 3 nitrogen and oxygen atoms in total. The molecule has 78 valence electrons. The van der Waals surface area contributed by atoms with Gasteiger partial charge in [-0.2, -0.15) is 4.98 Å². The number of hydrogen-bond acceptors (Lipinski definition) is 3. The molecule has 2 aromatic rings. The summed E-state index contributed by atoms with van der Waals surface area (Å²) >= 11 is 8.99. The lowest BCUT2D eigenvalue weighted by Crippen LogP contribution is -1.90. The van der Waals surface area contributed by atoms with Crippen molar-refractivity contribution in [2.24, 2.45) is 0 Å². The van der Waals surface area contributed by atoms with Gasteiger partial charge in [0.2, 0.25) is 0 Å². The number of oxazole rings is 1. The summed E-state index contributed by atoms with van der Waals surface area (Å²) in [5, 5.41) is 3.03. The fourth-order valence-electron chi connectivity index (χ4n) is 1.12. The lowest BCUT2D eigenvalue weighted by atomic mass is 10.3. The van der Waals surface area contributed by atoms with E-state index in [0.717, 1.165) is 10.2 Å². The molecule has 1 aromatic carbocycles. The summed E-state index contributed by atoms with van der Waals surface area (Å²) in [6, 6.07) is 8.19. The first-order chi connectivity index (χ1) is 7.28. The Morgan fingerprint density at radius 3 is 3.00 bits per heavy atom. The number of nitrogens with one attached hydrogen (secondary N) is 1. The van der Waals surface area contributed by atoms with E-state index in [1.54, 1.807) is 0 Å². The molecule has 2 rings (SSSR count). The number of anilines is 2. The molecular formula is C10H8BrClN2O. The molecule has 0 fully saturated rings. The van der Waals surface area contributed by atoms with E-state index >= 15 is 0 Å². The van der Waals surface area contributed by atoms with Crippen molar-refractivity contribution >= 4 is 39.2 Å². The monoisotopic (exact) mass is 286 g/mol. The molecule has 0 spiro atoms. The van der Waals surface area contributed by atoms with Crippen molar-refractivity contribution in [2.75, 3.05) is 5.32 Å². The van der Waals surface area contributed by atoms with Crippen molar-refractivity contribution in [1.29, 1.82) is 0 Å². The van der Waals surface area contributed by atoms with Gasteiger partial charge >= 0.3 is 0 Å². The van der Waals surface area contributed by atoms with Gasteiger partial charge < -0.3 is 9.73 Å². The fraction of sp³-hybridized carbons (Fsp3) is 0.100. The minimum Gasteiger partial charge on any atom is -0.432 e. The van der Waals surface area contributed by atoms with Crippen LogP contribution >= 0.6 is 27.5 Å². The molecule has 1 heterocycles. The van der Waals surface area contributed by atoms with E-state index < -0.39 is 0 Å². The van der Waals surface area contributed by atoms with Crippen LogP contribution in [0.3, 0.4) is 0 Å². The average molecular weight is 288 g/mol. The quantitative estimate of drug-likeness (QED) is 0.870. The van der Waals surface area contributed by atoms with Crippen LogP contribution in [0.2, 0.25) is 0 Å². The van der Waals surface area contributed by atoms with Crippen LogP contribution in [0.1, 0.15) is 5.69 Å². The zero-order valence-electron chi connectivity index (χ0n) is 7.71. The third-order valence-corrected chi connectivity index (χ3v) is 2.53. The van der Waals surface area contributed by atoms with Gasteiger partial charge in [0, 0.05) is 10.2 Å². The van der Waals surface area contributed by atoms with Crippen LogP contribution in [0, 0.1) is 0 Å². The number of halogens is 2. The van der Waals surface area contributed by atoms with E-state index in [2.05, 4.69) is 26.2 Å². The highest BCUT2D eigenvalue weighted by atomic mass is 79.9. The van der Waals surface area contributed by atoms with Crippen LogP contribution in [0.25, 0.3) is 0 Å². The molecule has 0 unspecified atom stereocenters. The van der Waals surface area contributed by atoms with E-state index in [1.165, 1.54) is 6.26 Å². The zero-order chi connectivity index (χ0) is 10.7. The van der Waals surface area contributed by atoms with Crippen molar-refractivity contribution in [3.05, 3.63) is 40.7 Å². The smallest absolute Gasteiger partial charge is 0.299 e. The first-order valence-electron chi connectivity index (χ1n) is 4.31. The molecule has 0 aliphatic rings. The Balaban J connectivity index is 2.14. The van der Waals surface area contributed by atoms with Crippen LogP contribution in [0.5, 0.6) is 0 Å². The normalized spacial score (nSPS) is 10.3. The van der Waals surface area contributed by atoms with Crippen molar-refractivity contribution in [2.45, 2.75) is 5.88 Å². The van der Waals surface area contributed by atoms with Crippen molar-refractivity contribution in [1.82, 2.24) is 4.98 Å². The third kappa shape index (κ3) is 2.73. The molecule has 0 saturated carbocycles. The van der Waals surface area contributed by atoms with Gasteiger partial charge in [0.15, 0.2) is 0 Å². The fourth-order valence-corrected chi connectivity index (χ4v) is 1.64. The molecule has 0 bridgehead atoms. The second-order valence-electron chi connectivity index (χ2n) is 2.91. The Kier molecular flexibility index (Phi) is 3.28. The maximum atomic E-state index is 5.61. The summed E-state index contributed by atoms with van der Waals surface area (Å²) in [6.45, 7) is 0. The van der Waals surface area contributed by atoms with E-state index in [9.17, 15) is 0 Å². The van der Waals surface area contributed by atoms with E-state index in [1.807, 2.05) is 24.3 Å². The highest BCUT2D eigenvalue weighted by molar-refractivity contribution is 9.10. The first kappa shape index (κ1) is 10.5. The Morgan fingerprint density at radius 2 is 2.33 bits per heavy atom. The maximum Gasteiger partial charge on any atom is 0.299 e. The minimum absolute atomic E-state index is 0.351. The molecule has 0 aliphatic heterocycles. The number of aromatic nitrogens is 1. The minimum atomic E-state index is 0.351. The first-order valence-corrected chi connectivity index (χ1v) is 5.63. The molecule has 1 aromatic heterocycles. The van der Waals surface area contributed by atoms with E-state index in [-0.39, 0.29) is 0 Å². The molecule has 1 N–H and O–H groups in total. The predicted molar refractivity (Wildman–Crippen MR) is 63.5 cm³/mol. The molecule has 0 aliphatic carbocycles. The Labute approximate surface area is 101 Å². The van der Waals surface area contributed by atoms with Crippen LogP contribution in [0.4, 0.5) is 11.7 Å². The van der Waals surface area contributed by atoms with Crippen LogP contribution < -0.4 is 5.32 Å². The molecule has 5 heteroatoms. The van der Waals surface area contributed by atoms with Gasteiger partial charge in [-0.05, 0) is 18.2 Å². The number of benzene rings is 1. The highest BCUT2D eigenvalue weighted by Crippen LogP contribution is 2.20. The van der Waals surface area contributed by atoms with Gasteiger partial charge in [-0.25, -0.2) is 0 Å². The summed E-state index contributed by atoms with van der Waals surface area (Å²) in [4.78, 5) is 4.13. The van der Waals surface area contributed by atoms with Crippen molar-refractivity contribution < 1.29 is 4.42 Å². The SMILES string of the molecule is ClCc1coc(Nc2cccc(Br)c2)n1.